The summed E-state index contributed by atoms with van der Waals surface area (Å²) in [4.78, 5) is 33.4. The SMILES string of the molecule is Cc1c[n+]2c(n1C(C)C)N=C1C2C(=O)N(C/C=C/c2ccccc2)C(=O)N1C. The van der Waals surface area contributed by atoms with Crippen LogP contribution < -0.4 is 4.57 Å². The van der Waals surface area contributed by atoms with Crippen LogP contribution in [0.4, 0.5) is 10.7 Å². The third kappa shape index (κ3) is 2.74. The van der Waals surface area contributed by atoms with Gasteiger partial charge in [0.05, 0.1) is 6.04 Å². The van der Waals surface area contributed by atoms with Crippen molar-refractivity contribution in [1.29, 1.82) is 0 Å². The Balaban J connectivity index is 1.64. The zero-order valence-electron chi connectivity index (χ0n) is 16.5. The topological polar surface area (TPSA) is 61.8 Å². The number of hydrogen-bond donors (Lipinski definition) is 0. The van der Waals surface area contributed by atoms with Crippen molar-refractivity contribution in [2.45, 2.75) is 32.9 Å². The lowest BCUT2D eigenvalue weighted by Crippen LogP contribution is -2.62. The van der Waals surface area contributed by atoms with E-state index in [9.17, 15) is 9.59 Å². The van der Waals surface area contributed by atoms with E-state index in [1.807, 2.05) is 60.2 Å². The minimum absolute atomic E-state index is 0.210. The van der Waals surface area contributed by atoms with Gasteiger partial charge in [-0.05, 0) is 26.3 Å². The summed E-state index contributed by atoms with van der Waals surface area (Å²) in [5.74, 6) is 0.953. The van der Waals surface area contributed by atoms with Crippen LogP contribution in [0.15, 0.2) is 47.6 Å². The summed E-state index contributed by atoms with van der Waals surface area (Å²) in [5, 5.41) is 0. The molecule has 1 saturated heterocycles. The molecule has 7 heteroatoms. The lowest BCUT2D eigenvalue weighted by Gasteiger charge is -2.32. The Morgan fingerprint density at radius 3 is 2.61 bits per heavy atom. The van der Waals surface area contributed by atoms with Gasteiger partial charge in [-0.3, -0.25) is 14.6 Å². The van der Waals surface area contributed by atoms with Crippen molar-refractivity contribution >= 4 is 29.8 Å². The molecule has 144 valence electrons. The summed E-state index contributed by atoms with van der Waals surface area (Å²) in [6.07, 6.45) is 5.69. The molecule has 2 aromatic rings. The molecule has 0 aliphatic carbocycles. The van der Waals surface area contributed by atoms with E-state index in [1.165, 1.54) is 9.80 Å². The molecule has 3 heterocycles. The molecule has 7 nitrogen and oxygen atoms in total. The fourth-order valence-corrected chi connectivity index (χ4v) is 3.87. The number of aromatic nitrogens is 2. The van der Waals surface area contributed by atoms with Crippen LogP contribution in [0.5, 0.6) is 0 Å². The number of amides is 3. The minimum atomic E-state index is -0.596. The molecule has 0 N–H and O–H groups in total. The Labute approximate surface area is 164 Å². The van der Waals surface area contributed by atoms with Crippen molar-refractivity contribution in [3.63, 3.8) is 0 Å². The number of carbonyl (C=O) groups is 2. The van der Waals surface area contributed by atoms with Crippen LogP contribution in [0, 0.1) is 6.92 Å². The third-order valence-electron chi connectivity index (χ3n) is 5.17. The smallest absolute Gasteiger partial charge is 0.270 e. The third-order valence-corrected chi connectivity index (χ3v) is 5.17. The highest BCUT2D eigenvalue weighted by Crippen LogP contribution is 2.30. The molecule has 1 aromatic carbocycles. The molecule has 4 rings (SSSR count). The van der Waals surface area contributed by atoms with Gasteiger partial charge in [0.25, 0.3) is 5.91 Å². The molecule has 1 atom stereocenters. The number of urea groups is 1. The van der Waals surface area contributed by atoms with Crippen molar-refractivity contribution < 1.29 is 14.2 Å². The lowest BCUT2D eigenvalue weighted by atomic mass is 10.1. The number of nitrogens with zero attached hydrogens (tertiary/aromatic N) is 5. The lowest BCUT2D eigenvalue weighted by molar-refractivity contribution is -0.677. The molecule has 0 saturated carbocycles. The molecule has 1 aromatic heterocycles. The number of aliphatic imine (C=N–C) groups is 1. The van der Waals surface area contributed by atoms with E-state index >= 15 is 0 Å². The number of aryl methyl sites for hydroxylation is 1. The van der Waals surface area contributed by atoms with E-state index < -0.39 is 6.04 Å². The Morgan fingerprint density at radius 2 is 1.93 bits per heavy atom. The van der Waals surface area contributed by atoms with Crippen molar-refractivity contribution in [3.05, 3.63) is 53.9 Å². The van der Waals surface area contributed by atoms with Gasteiger partial charge in [-0.1, -0.05) is 47.5 Å². The quantitative estimate of drug-likeness (QED) is 0.768. The van der Waals surface area contributed by atoms with Gasteiger partial charge in [0, 0.05) is 13.6 Å². The molecule has 2 aliphatic heterocycles. The second-order valence-corrected chi connectivity index (χ2v) is 7.42. The number of imidazole rings is 1. The van der Waals surface area contributed by atoms with Crippen LogP contribution in [0.1, 0.15) is 37.2 Å². The number of carbonyl (C=O) groups excluding carboxylic acids is 2. The first-order chi connectivity index (χ1) is 13.4. The van der Waals surface area contributed by atoms with Crippen LogP contribution in [0.25, 0.3) is 6.08 Å². The van der Waals surface area contributed by atoms with E-state index in [-0.39, 0.29) is 24.5 Å². The van der Waals surface area contributed by atoms with Gasteiger partial charge in [-0.25, -0.2) is 13.9 Å². The van der Waals surface area contributed by atoms with Crippen molar-refractivity contribution in [2.75, 3.05) is 13.6 Å². The maximum atomic E-state index is 13.2. The predicted octanol–water partition coefficient (Wildman–Crippen LogP) is 2.86. The fraction of sp³-hybridized carbons (Fsp3) is 0.333. The first kappa shape index (κ1) is 18.2. The van der Waals surface area contributed by atoms with Gasteiger partial charge in [0.2, 0.25) is 11.9 Å². The van der Waals surface area contributed by atoms with E-state index in [0.717, 1.165) is 11.3 Å². The number of rotatable bonds is 4. The summed E-state index contributed by atoms with van der Waals surface area (Å²) in [7, 11) is 1.67. The van der Waals surface area contributed by atoms with Gasteiger partial charge < -0.3 is 0 Å². The Kier molecular flexibility index (Phi) is 4.37. The van der Waals surface area contributed by atoms with E-state index in [0.29, 0.717) is 11.8 Å². The van der Waals surface area contributed by atoms with E-state index in [4.69, 9.17) is 0 Å². The fourth-order valence-electron chi connectivity index (χ4n) is 3.87. The van der Waals surface area contributed by atoms with Gasteiger partial charge >= 0.3 is 12.0 Å². The Hall–Kier alpha value is -3.22. The first-order valence-corrected chi connectivity index (χ1v) is 9.42. The van der Waals surface area contributed by atoms with Crippen LogP contribution in [0.3, 0.4) is 0 Å². The average molecular weight is 378 g/mol. The van der Waals surface area contributed by atoms with Gasteiger partial charge in [0.1, 0.15) is 11.9 Å². The number of imide groups is 1. The highest BCUT2D eigenvalue weighted by molar-refractivity contribution is 6.19. The molecule has 3 amide bonds. The zero-order chi connectivity index (χ0) is 20.0. The summed E-state index contributed by atoms with van der Waals surface area (Å²) in [6.45, 7) is 6.38. The monoisotopic (exact) mass is 378 g/mol. The van der Waals surface area contributed by atoms with Crippen LogP contribution >= 0.6 is 0 Å². The summed E-state index contributed by atoms with van der Waals surface area (Å²) in [5.41, 5.74) is 2.06. The highest BCUT2D eigenvalue weighted by Gasteiger charge is 2.53. The standard InChI is InChI=1S/C21H24N5O2/c1-14(2)26-15(3)13-25-17-18(22-20(25)26)23(4)21(28)24(19(17)27)12-8-11-16-9-6-5-7-10-16/h5-11,13-14,17H,12H2,1-4H3/q+1/b11-8+. The Morgan fingerprint density at radius 1 is 1.21 bits per heavy atom. The molecular formula is C21H24N5O2+. The van der Waals surface area contributed by atoms with Gasteiger partial charge in [-0.15, -0.1) is 0 Å². The summed E-state index contributed by atoms with van der Waals surface area (Å²) < 4.78 is 3.96. The average Bonchev–Trinajstić information content (AvgIpc) is 3.17. The number of amidine groups is 1. The predicted molar refractivity (Wildman–Crippen MR) is 106 cm³/mol. The summed E-state index contributed by atoms with van der Waals surface area (Å²) >= 11 is 0. The van der Waals surface area contributed by atoms with Gasteiger partial charge in [0.15, 0.2) is 0 Å². The molecule has 28 heavy (non-hydrogen) atoms. The van der Waals surface area contributed by atoms with Crippen molar-refractivity contribution in [1.82, 2.24) is 14.4 Å². The molecule has 2 aliphatic rings. The van der Waals surface area contributed by atoms with E-state index in [1.54, 1.807) is 7.05 Å². The number of hydrogen-bond acceptors (Lipinski definition) is 3. The molecule has 0 spiro atoms. The van der Waals surface area contributed by atoms with Crippen molar-refractivity contribution in [2.24, 2.45) is 4.99 Å². The number of fused-ring (bicyclic) bond motifs is 3. The molecule has 1 unspecified atom stereocenters. The second-order valence-electron chi connectivity index (χ2n) is 7.42. The minimum Gasteiger partial charge on any atom is -0.270 e. The molecular weight excluding hydrogens is 354 g/mol. The largest absolute Gasteiger partial charge is 0.402 e. The summed E-state index contributed by atoms with van der Waals surface area (Å²) in [6, 6.07) is 9.07. The maximum Gasteiger partial charge on any atom is 0.402 e. The number of likely N-dealkylation sites (N-methyl/N-ethyl adjacent to an activating group) is 1. The number of benzene rings is 1. The first-order valence-electron chi connectivity index (χ1n) is 9.42. The van der Waals surface area contributed by atoms with Crippen molar-refractivity contribution in [3.8, 4) is 0 Å². The zero-order valence-corrected chi connectivity index (χ0v) is 16.5. The van der Waals surface area contributed by atoms with Crippen LogP contribution in [-0.2, 0) is 4.79 Å². The van der Waals surface area contributed by atoms with E-state index in [2.05, 4.69) is 23.4 Å². The van der Waals surface area contributed by atoms with Gasteiger partial charge in [-0.2, -0.15) is 0 Å². The normalized spacial score (nSPS) is 18.9. The van der Waals surface area contributed by atoms with Crippen LogP contribution in [-0.4, -0.2) is 45.7 Å². The molecule has 1 fully saturated rings. The Bertz CT molecular complexity index is 1000. The second kappa shape index (κ2) is 6.74. The van der Waals surface area contributed by atoms with Crippen LogP contribution in [0.2, 0.25) is 0 Å². The molecule has 0 radical (unpaired) electrons. The highest BCUT2D eigenvalue weighted by atomic mass is 16.2. The molecule has 0 bridgehead atoms. The maximum absolute atomic E-state index is 13.2.